The number of aryl methyl sites for hydroxylation is 1. The van der Waals surface area contributed by atoms with Gasteiger partial charge >= 0.3 is 0 Å². The van der Waals surface area contributed by atoms with Crippen LogP contribution in [0.15, 0.2) is 18.5 Å². The third-order valence-electron chi connectivity index (χ3n) is 1.36. The number of hydrogen-bond donors (Lipinski definition) is 0. The molecule has 2 heteroatoms. The van der Waals surface area contributed by atoms with Crippen LogP contribution in [0.25, 0.3) is 0 Å². The zero-order valence-corrected chi connectivity index (χ0v) is 6.13. The fraction of sp³-hybridized carbons (Fsp3) is 0.375. The lowest BCUT2D eigenvalue weighted by Gasteiger charge is -2.00. The van der Waals surface area contributed by atoms with Gasteiger partial charge in [0.05, 0.1) is 0 Å². The summed E-state index contributed by atoms with van der Waals surface area (Å²) < 4.78 is 12.6. The van der Waals surface area contributed by atoms with Gasteiger partial charge in [0.2, 0.25) is 0 Å². The van der Waals surface area contributed by atoms with Gasteiger partial charge in [-0.1, -0.05) is 6.07 Å². The van der Waals surface area contributed by atoms with Crippen LogP contribution in [0.3, 0.4) is 0 Å². The van der Waals surface area contributed by atoms with Crippen LogP contribution >= 0.6 is 0 Å². The summed E-state index contributed by atoms with van der Waals surface area (Å²) in [6.07, 6.45) is 2.36. The molecular formula is C8H10FN. The first-order valence-corrected chi connectivity index (χ1v) is 3.26. The second-order valence-electron chi connectivity index (χ2n) is 2.41. The molecule has 0 aliphatic heterocycles. The first-order valence-electron chi connectivity index (χ1n) is 3.26. The highest BCUT2D eigenvalue weighted by atomic mass is 19.1. The molecule has 1 nitrogen and oxygen atoms in total. The van der Waals surface area contributed by atoms with Crippen molar-refractivity contribution in [3.8, 4) is 0 Å². The number of aromatic nitrogens is 1. The van der Waals surface area contributed by atoms with Gasteiger partial charge in [-0.3, -0.25) is 4.98 Å². The Bertz CT molecular complexity index is 220. The van der Waals surface area contributed by atoms with Crippen LogP contribution in [0.5, 0.6) is 0 Å². The largest absolute Gasteiger partial charge is 0.264 e. The Morgan fingerprint density at radius 3 is 2.60 bits per heavy atom. The van der Waals surface area contributed by atoms with Crippen LogP contribution in [0.1, 0.15) is 24.2 Å². The summed E-state index contributed by atoms with van der Waals surface area (Å²) in [4.78, 5) is 3.87. The number of rotatable bonds is 1. The zero-order chi connectivity index (χ0) is 7.56. The first-order chi connectivity index (χ1) is 4.70. The number of nitrogens with zero attached hydrogens (tertiary/aromatic N) is 1. The smallest absolute Gasteiger partial charge is 0.124 e. The molecule has 0 aliphatic carbocycles. The minimum atomic E-state index is -0.910. The molecule has 1 heterocycles. The highest BCUT2D eigenvalue weighted by Gasteiger charge is 2.01. The lowest BCUT2D eigenvalue weighted by atomic mass is 10.2. The van der Waals surface area contributed by atoms with Gasteiger partial charge in [0.1, 0.15) is 6.17 Å². The maximum absolute atomic E-state index is 12.6. The van der Waals surface area contributed by atoms with E-state index < -0.39 is 6.17 Å². The van der Waals surface area contributed by atoms with Crippen LogP contribution in [0, 0.1) is 6.92 Å². The normalized spacial score (nSPS) is 13.1. The maximum Gasteiger partial charge on any atom is 0.124 e. The van der Waals surface area contributed by atoms with Gasteiger partial charge in [-0.25, -0.2) is 4.39 Å². The second kappa shape index (κ2) is 2.78. The van der Waals surface area contributed by atoms with Gasteiger partial charge in [-0.2, -0.15) is 0 Å². The van der Waals surface area contributed by atoms with E-state index in [9.17, 15) is 4.39 Å². The molecule has 0 aromatic carbocycles. The van der Waals surface area contributed by atoms with Crippen molar-refractivity contribution >= 4 is 0 Å². The molecule has 0 bridgehead atoms. The Morgan fingerprint density at radius 1 is 1.50 bits per heavy atom. The second-order valence-corrected chi connectivity index (χ2v) is 2.41. The van der Waals surface area contributed by atoms with Crippen molar-refractivity contribution in [1.29, 1.82) is 0 Å². The van der Waals surface area contributed by atoms with E-state index in [-0.39, 0.29) is 0 Å². The Balaban J connectivity index is 2.96. The van der Waals surface area contributed by atoms with E-state index in [1.165, 1.54) is 6.92 Å². The molecule has 0 saturated carbocycles. The predicted molar refractivity (Wildman–Crippen MR) is 38.5 cm³/mol. The topological polar surface area (TPSA) is 12.9 Å². The first kappa shape index (κ1) is 7.19. The van der Waals surface area contributed by atoms with E-state index in [2.05, 4.69) is 4.98 Å². The van der Waals surface area contributed by atoms with E-state index >= 15 is 0 Å². The van der Waals surface area contributed by atoms with Gasteiger partial charge < -0.3 is 0 Å². The zero-order valence-electron chi connectivity index (χ0n) is 6.13. The third-order valence-corrected chi connectivity index (χ3v) is 1.36. The van der Waals surface area contributed by atoms with E-state index in [0.717, 1.165) is 5.56 Å². The molecule has 1 aromatic rings. The highest BCUT2D eigenvalue weighted by molar-refractivity contribution is 5.18. The fourth-order valence-corrected chi connectivity index (χ4v) is 0.796. The van der Waals surface area contributed by atoms with Crippen LogP contribution in [0.2, 0.25) is 0 Å². The molecule has 0 N–H and O–H groups in total. The van der Waals surface area contributed by atoms with Crippen LogP contribution < -0.4 is 0 Å². The molecule has 0 amide bonds. The third kappa shape index (κ3) is 1.53. The summed E-state index contributed by atoms with van der Waals surface area (Å²) in [5, 5.41) is 0. The predicted octanol–water partition coefficient (Wildman–Crippen LogP) is 2.42. The monoisotopic (exact) mass is 139 g/mol. The lowest BCUT2D eigenvalue weighted by Crippen LogP contribution is -1.87. The number of pyridine rings is 1. The Labute approximate surface area is 59.9 Å². The summed E-state index contributed by atoms with van der Waals surface area (Å²) in [6, 6.07) is 1.80. The van der Waals surface area contributed by atoms with E-state index in [0.29, 0.717) is 5.56 Å². The lowest BCUT2D eigenvalue weighted by molar-refractivity contribution is 0.373. The van der Waals surface area contributed by atoms with Crippen LogP contribution in [-0.4, -0.2) is 4.98 Å². The molecule has 0 aliphatic rings. The molecular weight excluding hydrogens is 129 g/mol. The molecule has 1 unspecified atom stereocenters. The molecule has 0 radical (unpaired) electrons. The van der Waals surface area contributed by atoms with Crippen molar-refractivity contribution in [3.63, 3.8) is 0 Å². The molecule has 1 aromatic heterocycles. The standard InChI is InChI=1S/C8H10FN/c1-6-3-8(7(2)9)5-10-4-6/h3-5,7H,1-2H3. The number of alkyl halides is 1. The molecule has 54 valence electrons. The summed E-state index contributed by atoms with van der Waals surface area (Å²) in [6.45, 7) is 3.41. The molecule has 0 spiro atoms. The van der Waals surface area contributed by atoms with Gasteiger partial charge in [0.25, 0.3) is 0 Å². The summed E-state index contributed by atoms with van der Waals surface area (Å²) >= 11 is 0. The fourth-order valence-electron chi connectivity index (χ4n) is 0.796. The van der Waals surface area contributed by atoms with Gasteiger partial charge in [0, 0.05) is 18.0 Å². The molecule has 10 heavy (non-hydrogen) atoms. The summed E-state index contributed by atoms with van der Waals surface area (Å²) in [7, 11) is 0. The van der Waals surface area contributed by atoms with Crippen LogP contribution in [-0.2, 0) is 0 Å². The van der Waals surface area contributed by atoms with Crippen molar-refractivity contribution < 1.29 is 4.39 Å². The van der Waals surface area contributed by atoms with Crippen molar-refractivity contribution in [3.05, 3.63) is 29.6 Å². The summed E-state index contributed by atoms with van der Waals surface area (Å²) in [5.41, 5.74) is 1.65. The van der Waals surface area contributed by atoms with Gasteiger partial charge in [-0.15, -0.1) is 0 Å². The molecule has 0 fully saturated rings. The minimum absolute atomic E-state index is 0.653. The number of halogens is 1. The van der Waals surface area contributed by atoms with Gasteiger partial charge in [0.15, 0.2) is 0 Å². The van der Waals surface area contributed by atoms with E-state index in [4.69, 9.17) is 0 Å². The Morgan fingerprint density at radius 2 is 2.20 bits per heavy atom. The number of hydrogen-bond acceptors (Lipinski definition) is 1. The summed E-state index contributed by atoms with van der Waals surface area (Å²) in [5.74, 6) is 0. The highest BCUT2D eigenvalue weighted by Crippen LogP contribution is 2.15. The molecule has 1 rings (SSSR count). The van der Waals surface area contributed by atoms with Crippen LogP contribution in [0.4, 0.5) is 4.39 Å². The Kier molecular flexibility index (Phi) is 2.00. The van der Waals surface area contributed by atoms with Gasteiger partial charge in [-0.05, 0) is 19.4 Å². The van der Waals surface area contributed by atoms with Crippen molar-refractivity contribution in [2.45, 2.75) is 20.0 Å². The van der Waals surface area contributed by atoms with E-state index in [1.807, 2.05) is 6.92 Å². The SMILES string of the molecule is Cc1cncc(C(C)F)c1. The minimum Gasteiger partial charge on any atom is -0.264 e. The molecule has 1 atom stereocenters. The average Bonchev–Trinajstić information content (AvgIpc) is 1.88. The van der Waals surface area contributed by atoms with Crippen molar-refractivity contribution in [2.75, 3.05) is 0 Å². The van der Waals surface area contributed by atoms with E-state index in [1.54, 1.807) is 18.5 Å². The molecule has 0 saturated heterocycles. The van der Waals surface area contributed by atoms with Crippen molar-refractivity contribution in [2.24, 2.45) is 0 Å². The Hall–Kier alpha value is -0.920. The quantitative estimate of drug-likeness (QED) is 0.582. The maximum atomic E-state index is 12.6. The average molecular weight is 139 g/mol. The van der Waals surface area contributed by atoms with Crippen molar-refractivity contribution in [1.82, 2.24) is 4.98 Å².